The third kappa shape index (κ3) is 3.79. The van der Waals surface area contributed by atoms with Crippen LogP contribution in [0.25, 0.3) is 0 Å². The maximum atomic E-state index is 13.3. The van der Waals surface area contributed by atoms with Crippen molar-refractivity contribution in [1.82, 2.24) is 0 Å². The zero-order valence-electron chi connectivity index (χ0n) is 15.8. The number of amides is 1. The van der Waals surface area contributed by atoms with Crippen molar-refractivity contribution in [1.29, 1.82) is 0 Å². The molecule has 3 aromatic carbocycles. The minimum absolute atomic E-state index is 0.119. The predicted molar refractivity (Wildman–Crippen MR) is 114 cm³/mol. The zero-order chi connectivity index (χ0) is 20.4. The SMILES string of the molecule is O=C1N(CCc2ccccc2)c2ccccc2C1(O)CC(O)c1ccc(Cl)cc1. The van der Waals surface area contributed by atoms with Gasteiger partial charge in [0.1, 0.15) is 0 Å². The topological polar surface area (TPSA) is 60.8 Å². The molecule has 0 aliphatic carbocycles. The average molecular weight is 408 g/mol. The lowest BCUT2D eigenvalue weighted by Crippen LogP contribution is -2.42. The van der Waals surface area contributed by atoms with Crippen LogP contribution in [0.3, 0.4) is 0 Å². The van der Waals surface area contributed by atoms with Gasteiger partial charge < -0.3 is 15.1 Å². The summed E-state index contributed by atoms with van der Waals surface area (Å²) in [5.74, 6) is -0.400. The van der Waals surface area contributed by atoms with E-state index in [4.69, 9.17) is 11.6 Å². The van der Waals surface area contributed by atoms with E-state index in [2.05, 4.69) is 0 Å². The molecule has 5 heteroatoms. The molecule has 3 aromatic rings. The minimum atomic E-state index is -1.77. The molecule has 0 fully saturated rings. The molecule has 1 amide bonds. The number of carbonyl (C=O) groups excluding carboxylic acids is 1. The molecule has 0 saturated heterocycles. The van der Waals surface area contributed by atoms with Gasteiger partial charge in [-0.15, -0.1) is 0 Å². The summed E-state index contributed by atoms with van der Waals surface area (Å²) in [7, 11) is 0. The van der Waals surface area contributed by atoms with Gasteiger partial charge in [-0.25, -0.2) is 0 Å². The molecule has 0 bridgehead atoms. The van der Waals surface area contributed by atoms with E-state index in [0.717, 1.165) is 5.56 Å². The molecule has 1 heterocycles. The van der Waals surface area contributed by atoms with Crippen LogP contribution in [0.4, 0.5) is 5.69 Å². The van der Waals surface area contributed by atoms with Crippen molar-refractivity contribution in [3.63, 3.8) is 0 Å². The first kappa shape index (κ1) is 19.6. The van der Waals surface area contributed by atoms with Gasteiger partial charge in [-0.1, -0.05) is 72.3 Å². The van der Waals surface area contributed by atoms with Crippen LogP contribution in [-0.4, -0.2) is 22.7 Å². The second kappa shape index (κ2) is 7.99. The lowest BCUT2D eigenvalue weighted by molar-refractivity contribution is -0.139. The van der Waals surface area contributed by atoms with Crippen molar-refractivity contribution in [3.05, 3.63) is 101 Å². The molecule has 2 unspecified atom stereocenters. The van der Waals surface area contributed by atoms with E-state index in [0.29, 0.717) is 34.8 Å². The highest BCUT2D eigenvalue weighted by molar-refractivity contribution is 6.30. The Morgan fingerprint density at radius 3 is 2.31 bits per heavy atom. The van der Waals surface area contributed by atoms with Gasteiger partial charge in [0.2, 0.25) is 0 Å². The smallest absolute Gasteiger partial charge is 0.263 e. The molecule has 4 rings (SSSR count). The summed E-state index contributed by atoms with van der Waals surface area (Å²) in [6, 6.07) is 23.9. The maximum absolute atomic E-state index is 13.3. The molecule has 1 aliphatic rings. The van der Waals surface area contributed by atoms with Crippen molar-refractivity contribution in [2.45, 2.75) is 24.5 Å². The van der Waals surface area contributed by atoms with Crippen molar-refractivity contribution in [3.8, 4) is 0 Å². The van der Waals surface area contributed by atoms with Crippen molar-refractivity contribution in [2.75, 3.05) is 11.4 Å². The molecular weight excluding hydrogens is 386 g/mol. The molecule has 2 N–H and O–H groups in total. The number of aliphatic hydroxyl groups is 2. The number of carbonyl (C=O) groups is 1. The number of para-hydroxylation sites is 1. The van der Waals surface area contributed by atoms with Gasteiger partial charge in [0.25, 0.3) is 5.91 Å². The van der Waals surface area contributed by atoms with Crippen LogP contribution < -0.4 is 4.90 Å². The van der Waals surface area contributed by atoms with Gasteiger partial charge >= 0.3 is 0 Å². The summed E-state index contributed by atoms with van der Waals surface area (Å²) < 4.78 is 0. The van der Waals surface area contributed by atoms with Gasteiger partial charge in [0, 0.05) is 23.6 Å². The second-order valence-electron chi connectivity index (χ2n) is 7.34. The van der Waals surface area contributed by atoms with E-state index in [1.807, 2.05) is 42.5 Å². The first-order valence-corrected chi connectivity index (χ1v) is 9.98. The third-order valence-corrected chi connectivity index (χ3v) is 5.70. The maximum Gasteiger partial charge on any atom is 0.263 e. The van der Waals surface area contributed by atoms with Crippen LogP contribution in [0.5, 0.6) is 0 Å². The van der Waals surface area contributed by atoms with Gasteiger partial charge in [-0.05, 0) is 35.7 Å². The number of hydrogen-bond acceptors (Lipinski definition) is 3. The van der Waals surface area contributed by atoms with Gasteiger partial charge in [-0.3, -0.25) is 4.79 Å². The van der Waals surface area contributed by atoms with Crippen LogP contribution in [0.2, 0.25) is 5.02 Å². The Morgan fingerprint density at radius 2 is 1.59 bits per heavy atom. The predicted octanol–water partition coefficient (Wildman–Crippen LogP) is 4.24. The molecule has 2 atom stereocenters. The zero-order valence-corrected chi connectivity index (χ0v) is 16.6. The number of nitrogens with zero attached hydrogens (tertiary/aromatic N) is 1. The Balaban J connectivity index is 1.60. The third-order valence-electron chi connectivity index (χ3n) is 5.45. The van der Waals surface area contributed by atoms with Crippen LogP contribution in [0.15, 0.2) is 78.9 Å². The number of fused-ring (bicyclic) bond motifs is 1. The molecule has 0 radical (unpaired) electrons. The van der Waals surface area contributed by atoms with E-state index in [1.54, 1.807) is 41.3 Å². The minimum Gasteiger partial charge on any atom is -0.388 e. The second-order valence-corrected chi connectivity index (χ2v) is 7.78. The van der Waals surface area contributed by atoms with E-state index in [-0.39, 0.29) is 6.42 Å². The summed E-state index contributed by atoms with van der Waals surface area (Å²) in [6.45, 7) is 0.458. The first-order chi connectivity index (χ1) is 14.0. The van der Waals surface area contributed by atoms with Crippen molar-refractivity contribution in [2.24, 2.45) is 0 Å². The Labute approximate surface area is 175 Å². The standard InChI is InChI=1S/C24H22ClNO3/c25-19-12-10-18(11-13-19)22(27)16-24(29)20-8-4-5-9-21(20)26(23(24)28)15-14-17-6-2-1-3-7-17/h1-13,22,27,29H,14-16H2. The van der Waals surface area contributed by atoms with Crippen molar-refractivity contribution >= 4 is 23.2 Å². The highest BCUT2D eigenvalue weighted by Gasteiger charge is 2.50. The fraction of sp³-hybridized carbons (Fsp3) is 0.208. The quantitative estimate of drug-likeness (QED) is 0.642. The fourth-order valence-electron chi connectivity index (χ4n) is 3.89. The summed E-state index contributed by atoms with van der Waals surface area (Å²) >= 11 is 5.92. The summed E-state index contributed by atoms with van der Waals surface area (Å²) in [5, 5.41) is 22.7. The largest absolute Gasteiger partial charge is 0.388 e. The molecule has 1 aliphatic heterocycles. The molecule has 0 saturated carbocycles. The van der Waals surface area contributed by atoms with Crippen LogP contribution in [-0.2, 0) is 16.8 Å². The summed E-state index contributed by atoms with van der Waals surface area (Å²) in [6.07, 6.45) is -0.438. The van der Waals surface area contributed by atoms with E-state index < -0.39 is 17.6 Å². The van der Waals surface area contributed by atoms with Gasteiger partial charge in [-0.2, -0.15) is 0 Å². The van der Waals surface area contributed by atoms with E-state index in [1.165, 1.54) is 0 Å². The molecule has 29 heavy (non-hydrogen) atoms. The number of anilines is 1. The lowest BCUT2D eigenvalue weighted by atomic mass is 9.87. The Bertz CT molecular complexity index is 1010. The van der Waals surface area contributed by atoms with Crippen LogP contribution in [0.1, 0.15) is 29.2 Å². The van der Waals surface area contributed by atoms with Crippen LogP contribution >= 0.6 is 11.6 Å². The highest BCUT2D eigenvalue weighted by atomic mass is 35.5. The lowest BCUT2D eigenvalue weighted by Gasteiger charge is -2.26. The highest BCUT2D eigenvalue weighted by Crippen LogP contribution is 2.44. The fourth-order valence-corrected chi connectivity index (χ4v) is 4.02. The molecule has 4 nitrogen and oxygen atoms in total. The number of benzene rings is 3. The normalized spacial score (nSPS) is 19.3. The monoisotopic (exact) mass is 407 g/mol. The number of halogens is 1. The van der Waals surface area contributed by atoms with Gasteiger partial charge in [0.05, 0.1) is 11.8 Å². The Kier molecular flexibility index (Phi) is 5.41. The van der Waals surface area contributed by atoms with E-state index in [9.17, 15) is 15.0 Å². The molecule has 0 spiro atoms. The number of aliphatic hydroxyl groups excluding tert-OH is 1. The van der Waals surface area contributed by atoms with Crippen LogP contribution in [0, 0.1) is 0 Å². The first-order valence-electron chi connectivity index (χ1n) is 9.60. The molecule has 148 valence electrons. The molecule has 0 aromatic heterocycles. The van der Waals surface area contributed by atoms with Crippen molar-refractivity contribution < 1.29 is 15.0 Å². The average Bonchev–Trinajstić information content (AvgIpc) is 2.95. The Hall–Kier alpha value is -2.66. The summed E-state index contributed by atoms with van der Waals surface area (Å²) in [5.41, 5.74) is 1.18. The molecular formula is C24H22ClNO3. The number of rotatable bonds is 6. The van der Waals surface area contributed by atoms with E-state index >= 15 is 0 Å². The van der Waals surface area contributed by atoms with Gasteiger partial charge in [0.15, 0.2) is 5.60 Å². The summed E-state index contributed by atoms with van der Waals surface area (Å²) in [4.78, 5) is 14.9. The Morgan fingerprint density at radius 1 is 0.931 bits per heavy atom. The number of hydrogen-bond donors (Lipinski definition) is 2.